The van der Waals surface area contributed by atoms with Gasteiger partial charge in [0.05, 0.1) is 21.0 Å². The van der Waals surface area contributed by atoms with E-state index < -0.39 is 9.52 Å². The molecule has 0 atom stereocenters. The number of nitrogens with zero attached hydrogens (tertiary/aromatic N) is 2. The molecule has 0 saturated carbocycles. The summed E-state index contributed by atoms with van der Waals surface area (Å²) in [6.45, 7) is 7.16. The van der Waals surface area contributed by atoms with Crippen LogP contribution in [0.2, 0.25) is 0 Å². The lowest BCUT2D eigenvalue weighted by molar-refractivity contribution is 0.589. The Kier molecular flexibility index (Phi) is 10.3. The first-order valence-electron chi connectivity index (χ1n) is 16.8. The van der Waals surface area contributed by atoms with Crippen LogP contribution in [0, 0.1) is 0 Å². The molecule has 0 spiro atoms. The number of aromatic nitrogens is 2. The monoisotopic (exact) mass is 638 g/mol. The van der Waals surface area contributed by atoms with Gasteiger partial charge in [-0.1, -0.05) is 218 Å². The minimum atomic E-state index is -0.826. The third-order valence-corrected chi connectivity index (χ3v) is 11.6. The van der Waals surface area contributed by atoms with Gasteiger partial charge in [0.25, 0.3) is 0 Å². The smallest absolute Gasteiger partial charge is 0.241 e. The van der Waals surface area contributed by atoms with Crippen LogP contribution in [0.5, 0.6) is 0 Å². The Labute approximate surface area is 289 Å². The summed E-state index contributed by atoms with van der Waals surface area (Å²) in [5.41, 5.74) is 8.17. The minimum absolute atomic E-state index is 0.140. The Hall–Kier alpha value is -5.19. The molecule has 0 unspecified atom stereocenters. The number of imidazole rings is 1. The average molecular weight is 639 g/mol. The molecule has 7 rings (SSSR count). The average Bonchev–Trinajstić information content (AvgIpc) is 3.69. The summed E-state index contributed by atoms with van der Waals surface area (Å²) in [5, 5.41) is 1.23. The van der Waals surface area contributed by atoms with Gasteiger partial charge in [-0.15, -0.1) is 0 Å². The summed E-state index contributed by atoms with van der Waals surface area (Å²) in [6.07, 6.45) is 5.97. The van der Waals surface area contributed by atoms with Gasteiger partial charge in [0.15, 0.2) is 0 Å². The summed E-state index contributed by atoms with van der Waals surface area (Å²) >= 11 is 0. The molecule has 0 amide bonds. The first-order chi connectivity index (χ1) is 23.4. The fraction of sp³-hybridized carbons (Fsp3) is 0.114. The van der Waals surface area contributed by atoms with Crippen molar-refractivity contribution in [3.8, 4) is 0 Å². The molecule has 0 aliphatic carbocycles. The summed E-state index contributed by atoms with van der Waals surface area (Å²) in [4.78, 5) is 4.42. The quantitative estimate of drug-likeness (QED) is 0.171. The van der Waals surface area contributed by atoms with E-state index in [9.17, 15) is 0 Å². The summed E-state index contributed by atoms with van der Waals surface area (Å²) in [6, 6.07) is 63.0. The van der Waals surface area contributed by atoms with E-state index in [1.54, 1.807) is 0 Å². The van der Waals surface area contributed by atoms with Gasteiger partial charge in [-0.05, 0) is 22.1 Å². The van der Waals surface area contributed by atoms with E-state index in [1.165, 1.54) is 38.3 Å². The lowest BCUT2D eigenvalue weighted by Crippen LogP contribution is -2.51. The molecule has 1 aromatic heterocycles. The predicted octanol–water partition coefficient (Wildman–Crippen LogP) is 6.63. The molecule has 236 valence electrons. The van der Waals surface area contributed by atoms with Gasteiger partial charge in [-0.2, -0.15) is 0 Å². The molecule has 0 bridgehead atoms. The Morgan fingerprint density at radius 1 is 0.500 bits per heavy atom. The zero-order chi connectivity index (χ0) is 33.2. The second-order valence-electron chi connectivity index (χ2n) is 13.4. The molecular weight excluding hydrogens is 595 g/mol. The summed E-state index contributed by atoms with van der Waals surface area (Å²) < 4.78 is 2.31. The molecule has 1 heterocycles. The maximum atomic E-state index is 4.42. The lowest BCUT2D eigenvalue weighted by Gasteiger charge is -2.37. The normalized spacial score (nSPS) is 11.6. The van der Waals surface area contributed by atoms with Crippen molar-refractivity contribution in [3.63, 3.8) is 0 Å². The molecule has 0 fully saturated rings. The van der Waals surface area contributed by atoms with E-state index in [0.717, 1.165) is 0 Å². The zero-order valence-corrected chi connectivity index (χ0v) is 29.6. The van der Waals surface area contributed by atoms with Crippen molar-refractivity contribution in [1.82, 2.24) is 9.55 Å². The van der Waals surface area contributed by atoms with Gasteiger partial charge in [-0.25, -0.2) is 4.98 Å². The highest BCUT2D eigenvalue weighted by atomic mass is 28.2. The van der Waals surface area contributed by atoms with Crippen LogP contribution in [0.15, 0.2) is 195 Å². The lowest BCUT2D eigenvalue weighted by atomic mass is 9.37. The molecule has 0 aliphatic heterocycles. The van der Waals surface area contributed by atoms with Gasteiger partial charge in [0.2, 0.25) is 6.71 Å². The molecule has 0 radical (unpaired) electrons. The highest BCUT2D eigenvalue weighted by molar-refractivity contribution is 6.95. The van der Waals surface area contributed by atoms with Crippen molar-refractivity contribution in [2.24, 2.45) is 0 Å². The molecule has 0 saturated heterocycles. The molecule has 4 heteroatoms. The van der Waals surface area contributed by atoms with Crippen LogP contribution in [-0.2, 0) is 10.6 Å². The fourth-order valence-corrected chi connectivity index (χ4v) is 9.05. The van der Waals surface area contributed by atoms with Crippen molar-refractivity contribution in [1.29, 1.82) is 0 Å². The van der Waals surface area contributed by atoms with Crippen molar-refractivity contribution in [3.05, 3.63) is 211 Å². The highest BCUT2D eigenvalue weighted by Gasteiger charge is 2.36. The van der Waals surface area contributed by atoms with E-state index in [2.05, 4.69) is 212 Å². The van der Waals surface area contributed by atoms with Crippen LogP contribution in [0.1, 0.15) is 37.5 Å². The minimum Gasteiger partial charge on any atom is -0.326 e. The summed E-state index contributed by atoms with van der Waals surface area (Å²) in [5.74, 6) is 0. The maximum absolute atomic E-state index is 4.42. The summed E-state index contributed by atoms with van der Waals surface area (Å²) in [7, 11) is -0.826. The van der Waals surface area contributed by atoms with Crippen LogP contribution in [0.25, 0.3) is 0 Å². The van der Waals surface area contributed by atoms with Crippen LogP contribution >= 0.6 is 0 Å². The second kappa shape index (κ2) is 15.1. The van der Waals surface area contributed by atoms with Crippen molar-refractivity contribution in [2.75, 3.05) is 0 Å². The third kappa shape index (κ3) is 7.51. The Morgan fingerprint density at radius 2 is 0.917 bits per heavy atom. The Bertz CT molecular complexity index is 1820. The first-order valence-corrected chi connectivity index (χ1v) is 18.2. The van der Waals surface area contributed by atoms with Crippen LogP contribution in [0.4, 0.5) is 0 Å². The molecule has 0 aliphatic rings. The largest absolute Gasteiger partial charge is 0.326 e. The molecule has 6 aromatic carbocycles. The molecule has 48 heavy (non-hydrogen) atoms. The van der Waals surface area contributed by atoms with E-state index >= 15 is 0 Å². The van der Waals surface area contributed by atoms with E-state index in [1.807, 2.05) is 12.5 Å². The van der Waals surface area contributed by atoms with Gasteiger partial charge in [-0.3, -0.25) is 0 Å². The number of hydrogen-bond acceptors (Lipinski definition) is 1. The van der Waals surface area contributed by atoms with E-state index in [4.69, 9.17) is 0 Å². The first kappa shape index (κ1) is 32.7. The Morgan fingerprint density at radius 3 is 1.31 bits per heavy atom. The van der Waals surface area contributed by atoms with Crippen LogP contribution in [0.3, 0.4) is 0 Å². The van der Waals surface area contributed by atoms with E-state index in [-0.39, 0.29) is 10.6 Å². The van der Waals surface area contributed by atoms with Crippen LogP contribution in [-0.4, -0.2) is 25.8 Å². The second-order valence-corrected chi connectivity index (χ2v) is 15.5. The third-order valence-electron chi connectivity index (χ3n) is 9.10. The van der Waals surface area contributed by atoms with Crippen molar-refractivity contribution >= 4 is 37.8 Å². The Balaban J connectivity index is 0.000000182. The predicted molar refractivity (Wildman–Crippen MR) is 209 cm³/mol. The molecule has 0 N–H and O–H groups in total. The number of hydrogen-bond donors (Lipinski definition) is 0. The zero-order valence-electron chi connectivity index (χ0n) is 28.2. The molecular formula is C44H43BN2Si. The number of rotatable bonds is 8. The van der Waals surface area contributed by atoms with Gasteiger partial charge < -0.3 is 4.57 Å². The molecule has 2 nitrogen and oxygen atoms in total. The highest BCUT2D eigenvalue weighted by Crippen LogP contribution is 2.33. The van der Waals surface area contributed by atoms with Gasteiger partial charge in [0, 0.05) is 12.4 Å². The number of benzene rings is 6. The van der Waals surface area contributed by atoms with Crippen molar-refractivity contribution in [2.45, 2.75) is 31.3 Å². The maximum Gasteiger partial charge on any atom is 0.241 e. The SMILES string of the molecule is CC(C)(C)c1cccc([SiH2]C(c2ccccc2)(c2ccccc2)n2ccnc2)c1.c1ccc(B(c2ccccc2)c2ccccc2)cc1. The van der Waals surface area contributed by atoms with Gasteiger partial charge >= 0.3 is 0 Å². The fourth-order valence-electron chi connectivity index (χ4n) is 6.63. The molecule has 7 aromatic rings. The standard InChI is InChI=1S/C26H28N2Si.C18H15B/c1-25(2,3)23-15-10-16-24(19-23)29-26(28-18-17-27-20-28,21-11-6-4-7-12-21)22-13-8-5-9-14-22;1-4-10-16(11-5-1)19(17-12-6-2-7-13-17)18-14-8-3-9-15-18/h4-20H,29H2,1-3H3;1-15H. The van der Waals surface area contributed by atoms with Gasteiger partial charge in [0.1, 0.15) is 0 Å². The topological polar surface area (TPSA) is 17.8 Å². The van der Waals surface area contributed by atoms with Crippen molar-refractivity contribution < 1.29 is 0 Å². The van der Waals surface area contributed by atoms with E-state index in [0.29, 0.717) is 6.71 Å². The van der Waals surface area contributed by atoms with Crippen LogP contribution < -0.4 is 21.6 Å².